The molecule has 2 aliphatic heterocycles. The van der Waals surface area contributed by atoms with Crippen LogP contribution < -0.4 is 4.74 Å². The van der Waals surface area contributed by atoms with Crippen molar-refractivity contribution in [1.29, 1.82) is 0 Å². The van der Waals surface area contributed by atoms with Crippen LogP contribution in [0.1, 0.15) is 23.4 Å². The number of hydrogen-bond acceptors (Lipinski definition) is 5. The highest BCUT2D eigenvalue weighted by molar-refractivity contribution is 5.92. The van der Waals surface area contributed by atoms with Gasteiger partial charge in [-0.3, -0.25) is 14.7 Å². The number of carbonyl (C=O) groups is 2. The Bertz CT molecular complexity index is 1080. The second-order valence-electron chi connectivity index (χ2n) is 9.13. The van der Waals surface area contributed by atoms with E-state index >= 15 is 0 Å². The molecule has 1 aliphatic carbocycles. The number of nitrogens with one attached hydrogen (secondary N) is 1. The topological polar surface area (TPSA) is 91.4 Å². The minimum atomic E-state index is -4.74. The number of carbonyl (C=O) groups excluding carboxylic acids is 2. The molecule has 1 aromatic carbocycles. The first-order valence-electron chi connectivity index (χ1n) is 11.3. The lowest BCUT2D eigenvalue weighted by Gasteiger charge is -2.27. The number of likely N-dealkylation sites (tertiary alicyclic amines) is 2. The number of ether oxygens (including phenoxy) is 1. The van der Waals surface area contributed by atoms with Gasteiger partial charge in [-0.1, -0.05) is 17.3 Å². The van der Waals surface area contributed by atoms with Gasteiger partial charge in [0.1, 0.15) is 5.75 Å². The van der Waals surface area contributed by atoms with E-state index in [1.807, 2.05) is 4.90 Å². The minimum Gasteiger partial charge on any atom is -0.406 e. The molecule has 0 saturated carbocycles. The van der Waals surface area contributed by atoms with Crippen molar-refractivity contribution in [3.8, 4) is 5.75 Å². The number of aromatic nitrogens is 3. The van der Waals surface area contributed by atoms with Gasteiger partial charge in [-0.25, -0.2) is 0 Å². The van der Waals surface area contributed by atoms with Crippen molar-refractivity contribution in [2.75, 3.05) is 26.2 Å². The molecule has 2 amide bonds. The number of rotatable bonds is 4. The number of H-pyrrole nitrogens is 1. The number of hydrogen-bond donors (Lipinski definition) is 1. The van der Waals surface area contributed by atoms with Crippen LogP contribution >= 0.6 is 0 Å². The van der Waals surface area contributed by atoms with Crippen molar-refractivity contribution < 1.29 is 27.5 Å². The normalized spacial score (nSPS) is 24.4. The molecule has 1 aromatic heterocycles. The van der Waals surface area contributed by atoms with Gasteiger partial charge >= 0.3 is 6.36 Å². The summed E-state index contributed by atoms with van der Waals surface area (Å²) in [5, 5.41) is 10.8. The summed E-state index contributed by atoms with van der Waals surface area (Å²) < 4.78 is 40.6. The number of fused-ring (bicyclic) bond motifs is 2. The Labute approximate surface area is 193 Å². The second kappa shape index (κ2) is 8.77. The van der Waals surface area contributed by atoms with Crippen LogP contribution in [0.3, 0.4) is 0 Å². The first-order chi connectivity index (χ1) is 16.2. The number of aryl methyl sites for hydroxylation is 1. The summed E-state index contributed by atoms with van der Waals surface area (Å²) in [4.78, 5) is 29.4. The van der Waals surface area contributed by atoms with Crippen molar-refractivity contribution in [3.05, 3.63) is 47.3 Å². The molecule has 34 heavy (non-hydrogen) atoms. The molecule has 2 saturated heterocycles. The van der Waals surface area contributed by atoms with Crippen molar-refractivity contribution in [1.82, 2.24) is 25.2 Å². The maximum Gasteiger partial charge on any atom is 0.573 e. The third-order valence-corrected chi connectivity index (χ3v) is 6.88. The van der Waals surface area contributed by atoms with Crippen LogP contribution in [0, 0.1) is 17.8 Å². The van der Waals surface area contributed by atoms with Gasteiger partial charge < -0.3 is 14.5 Å². The lowest BCUT2D eigenvalue weighted by molar-refractivity contribution is -0.274. The van der Waals surface area contributed by atoms with Crippen LogP contribution in [-0.4, -0.2) is 69.6 Å². The number of nitrogens with zero attached hydrogens (tertiary/aromatic N) is 4. The molecule has 8 nitrogen and oxygen atoms in total. The predicted molar refractivity (Wildman–Crippen MR) is 114 cm³/mol. The number of amides is 2. The van der Waals surface area contributed by atoms with Crippen LogP contribution in [0.4, 0.5) is 13.2 Å². The molecule has 2 aromatic rings. The lowest BCUT2D eigenvalue weighted by Crippen LogP contribution is -2.39. The maximum atomic E-state index is 13.0. The van der Waals surface area contributed by atoms with Crippen LogP contribution in [0.15, 0.2) is 30.3 Å². The van der Waals surface area contributed by atoms with E-state index < -0.39 is 6.36 Å². The van der Waals surface area contributed by atoms with Crippen molar-refractivity contribution in [2.45, 2.75) is 25.6 Å². The van der Waals surface area contributed by atoms with Gasteiger partial charge in [0, 0.05) is 56.4 Å². The van der Waals surface area contributed by atoms with Crippen LogP contribution in [0.5, 0.6) is 5.75 Å². The average Bonchev–Trinajstić information content (AvgIpc) is 3.51. The Kier molecular flexibility index (Phi) is 5.78. The highest BCUT2D eigenvalue weighted by Crippen LogP contribution is 2.34. The molecular weight excluding hydrogens is 451 g/mol. The van der Waals surface area contributed by atoms with Gasteiger partial charge in [-0.05, 0) is 36.6 Å². The van der Waals surface area contributed by atoms with E-state index in [1.54, 1.807) is 11.0 Å². The van der Waals surface area contributed by atoms with E-state index in [9.17, 15) is 22.8 Å². The Morgan fingerprint density at radius 3 is 2.41 bits per heavy atom. The molecule has 180 valence electrons. The lowest BCUT2D eigenvalue weighted by atomic mass is 9.89. The monoisotopic (exact) mass is 475 g/mol. The van der Waals surface area contributed by atoms with Crippen molar-refractivity contribution in [2.24, 2.45) is 17.8 Å². The summed E-state index contributed by atoms with van der Waals surface area (Å²) >= 11 is 0. The summed E-state index contributed by atoms with van der Waals surface area (Å²) in [6.07, 6.45) is 0.464. The summed E-state index contributed by atoms with van der Waals surface area (Å²) in [5.41, 5.74) is 2.51. The van der Waals surface area contributed by atoms with Crippen LogP contribution in [-0.2, 0) is 22.4 Å². The highest BCUT2D eigenvalue weighted by Gasteiger charge is 2.44. The largest absolute Gasteiger partial charge is 0.573 e. The van der Waals surface area contributed by atoms with Gasteiger partial charge in [-0.15, -0.1) is 18.3 Å². The van der Waals surface area contributed by atoms with E-state index in [4.69, 9.17) is 0 Å². The zero-order valence-corrected chi connectivity index (χ0v) is 18.3. The molecule has 2 fully saturated rings. The molecule has 11 heteroatoms. The number of benzene rings is 1. The molecular formula is C23H24F3N5O3. The SMILES string of the molecule is O=C(/C=C/c1ccc(OC(F)(F)F)cc1)N1C[C@@H]2CN(C(=O)C3CCc4[nH]nnc4C3)C[C@@H]2C1. The maximum absolute atomic E-state index is 13.0. The Morgan fingerprint density at radius 1 is 1.06 bits per heavy atom. The fourth-order valence-electron chi connectivity index (χ4n) is 5.16. The third kappa shape index (κ3) is 4.78. The zero-order chi connectivity index (χ0) is 23.9. The molecule has 0 radical (unpaired) electrons. The molecule has 1 unspecified atom stereocenters. The highest BCUT2D eigenvalue weighted by atomic mass is 19.4. The van der Waals surface area contributed by atoms with Gasteiger partial charge in [0.25, 0.3) is 0 Å². The van der Waals surface area contributed by atoms with Gasteiger partial charge in [-0.2, -0.15) is 0 Å². The zero-order valence-electron chi connectivity index (χ0n) is 18.3. The molecule has 3 aliphatic rings. The standard InChI is InChI=1S/C23H24F3N5O3/c24-23(25,26)34-18-5-1-14(2-6-18)3-8-21(32)30-10-16-12-31(13-17(16)11-30)22(33)15-4-7-19-20(9-15)28-29-27-19/h1-3,5-6,8,15-17H,4,7,9-13H2,(H,27,28,29)/b8-3+/t15?,16-,17+. The van der Waals surface area contributed by atoms with Crippen LogP contribution in [0.2, 0.25) is 0 Å². The fourth-order valence-corrected chi connectivity index (χ4v) is 5.16. The van der Waals surface area contributed by atoms with Crippen LogP contribution in [0.25, 0.3) is 6.08 Å². The molecule has 0 spiro atoms. The predicted octanol–water partition coefficient (Wildman–Crippen LogP) is 2.44. The van der Waals surface area contributed by atoms with E-state index in [0.717, 1.165) is 24.2 Å². The molecule has 3 heterocycles. The molecule has 5 rings (SSSR count). The van der Waals surface area contributed by atoms with E-state index in [-0.39, 0.29) is 35.3 Å². The van der Waals surface area contributed by atoms with Gasteiger partial charge in [0.05, 0.1) is 11.4 Å². The summed E-state index contributed by atoms with van der Waals surface area (Å²) in [5.74, 6) is 0.160. The van der Waals surface area contributed by atoms with E-state index in [0.29, 0.717) is 38.2 Å². The minimum absolute atomic E-state index is 0.0648. The van der Waals surface area contributed by atoms with Crippen molar-refractivity contribution >= 4 is 17.9 Å². The smallest absolute Gasteiger partial charge is 0.406 e. The Morgan fingerprint density at radius 2 is 1.74 bits per heavy atom. The molecule has 0 bridgehead atoms. The Balaban J connectivity index is 1.12. The van der Waals surface area contributed by atoms with Gasteiger partial charge in [0.2, 0.25) is 11.8 Å². The molecule has 3 atom stereocenters. The summed E-state index contributed by atoms with van der Waals surface area (Å²) in [6.45, 7) is 2.49. The van der Waals surface area contributed by atoms with Gasteiger partial charge in [0.15, 0.2) is 0 Å². The van der Waals surface area contributed by atoms with E-state index in [2.05, 4.69) is 20.1 Å². The molecule has 1 N–H and O–H groups in total. The fraction of sp³-hybridized carbons (Fsp3) is 0.478. The number of alkyl halides is 3. The third-order valence-electron chi connectivity index (χ3n) is 6.88. The van der Waals surface area contributed by atoms with Crippen molar-refractivity contribution in [3.63, 3.8) is 0 Å². The second-order valence-corrected chi connectivity index (χ2v) is 9.13. The number of aromatic amines is 1. The Hall–Kier alpha value is -3.37. The first-order valence-corrected chi connectivity index (χ1v) is 11.3. The summed E-state index contributed by atoms with van der Waals surface area (Å²) in [7, 11) is 0. The quantitative estimate of drug-likeness (QED) is 0.686. The number of halogens is 3. The van der Waals surface area contributed by atoms with E-state index in [1.165, 1.54) is 30.3 Å². The first kappa shape index (κ1) is 22.4. The average molecular weight is 475 g/mol. The summed E-state index contributed by atoms with van der Waals surface area (Å²) in [6, 6.07) is 5.33.